The molecule has 20 heavy (non-hydrogen) atoms. The quantitative estimate of drug-likeness (QED) is 0.862. The SMILES string of the molecule is O=C(O)C(NS(=O)(=O)c1cccnc1)c1ccccc1. The molecule has 7 heteroatoms. The van der Waals surface area contributed by atoms with E-state index in [0.29, 0.717) is 5.56 Å². The number of benzene rings is 1. The topological polar surface area (TPSA) is 96.4 Å². The Balaban J connectivity index is 2.33. The fraction of sp³-hybridized carbons (Fsp3) is 0.0769. The van der Waals surface area contributed by atoms with E-state index in [1.54, 1.807) is 30.3 Å². The molecule has 2 aromatic rings. The molecule has 2 rings (SSSR count). The van der Waals surface area contributed by atoms with Gasteiger partial charge in [-0.15, -0.1) is 0 Å². The summed E-state index contributed by atoms with van der Waals surface area (Å²) in [5, 5.41) is 9.19. The van der Waals surface area contributed by atoms with Gasteiger partial charge >= 0.3 is 5.97 Å². The van der Waals surface area contributed by atoms with Crippen LogP contribution in [0.4, 0.5) is 0 Å². The average molecular weight is 292 g/mol. The number of aromatic nitrogens is 1. The number of carbonyl (C=O) groups is 1. The monoisotopic (exact) mass is 292 g/mol. The molecular formula is C13H12N2O4S. The van der Waals surface area contributed by atoms with Crippen LogP contribution in [-0.4, -0.2) is 24.5 Å². The highest BCUT2D eigenvalue weighted by Gasteiger charge is 2.26. The summed E-state index contributed by atoms with van der Waals surface area (Å²) in [5.41, 5.74) is 0.354. The molecule has 2 N–H and O–H groups in total. The van der Waals surface area contributed by atoms with Crippen molar-refractivity contribution in [2.24, 2.45) is 0 Å². The van der Waals surface area contributed by atoms with Gasteiger partial charge in [-0.25, -0.2) is 8.42 Å². The first kappa shape index (κ1) is 14.2. The van der Waals surface area contributed by atoms with Gasteiger partial charge in [-0.2, -0.15) is 4.72 Å². The molecule has 104 valence electrons. The molecule has 1 heterocycles. The molecule has 1 aromatic carbocycles. The molecule has 0 bridgehead atoms. The highest BCUT2D eigenvalue weighted by molar-refractivity contribution is 7.89. The van der Waals surface area contributed by atoms with Crippen LogP contribution in [0.5, 0.6) is 0 Å². The Kier molecular flexibility index (Phi) is 4.11. The van der Waals surface area contributed by atoms with Gasteiger partial charge in [-0.05, 0) is 17.7 Å². The summed E-state index contributed by atoms with van der Waals surface area (Å²) in [6.45, 7) is 0. The number of pyridine rings is 1. The number of nitrogens with one attached hydrogen (secondary N) is 1. The van der Waals surface area contributed by atoms with E-state index >= 15 is 0 Å². The lowest BCUT2D eigenvalue weighted by molar-refractivity contribution is -0.139. The van der Waals surface area contributed by atoms with Crippen molar-refractivity contribution in [3.63, 3.8) is 0 Å². The maximum atomic E-state index is 12.1. The predicted molar refractivity (Wildman–Crippen MR) is 71.4 cm³/mol. The molecule has 0 aliphatic carbocycles. The van der Waals surface area contributed by atoms with Crippen molar-refractivity contribution in [2.75, 3.05) is 0 Å². The van der Waals surface area contributed by atoms with Gasteiger partial charge in [0.05, 0.1) is 0 Å². The first-order chi connectivity index (χ1) is 9.50. The summed E-state index contributed by atoms with van der Waals surface area (Å²) >= 11 is 0. The van der Waals surface area contributed by atoms with E-state index in [-0.39, 0.29) is 4.90 Å². The van der Waals surface area contributed by atoms with Gasteiger partial charge in [0.15, 0.2) is 0 Å². The van der Waals surface area contributed by atoms with Gasteiger partial charge in [0.25, 0.3) is 0 Å². The van der Waals surface area contributed by atoms with Crippen LogP contribution in [-0.2, 0) is 14.8 Å². The van der Waals surface area contributed by atoms with Crippen LogP contribution in [0.2, 0.25) is 0 Å². The largest absolute Gasteiger partial charge is 0.480 e. The van der Waals surface area contributed by atoms with E-state index in [2.05, 4.69) is 9.71 Å². The van der Waals surface area contributed by atoms with Crippen molar-refractivity contribution in [2.45, 2.75) is 10.9 Å². The lowest BCUT2D eigenvalue weighted by atomic mass is 10.1. The van der Waals surface area contributed by atoms with E-state index in [0.717, 1.165) is 6.20 Å². The molecule has 0 aliphatic rings. The fourth-order valence-corrected chi connectivity index (χ4v) is 2.78. The number of rotatable bonds is 5. The number of carboxylic acid groups (broad SMARTS) is 1. The molecule has 1 atom stereocenters. The van der Waals surface area contributed by atoms with Crippen molar-refractivity contribution in [3.05, 3.63) is 60.4 Å². The average Bonchev–Trinajstić information content (AvgIpc) is 2.46. The Morgan fingerprint density at radius 2 is 1.85 bits per heavy atom. The molecule has 0 spiro atoms. The molecule has 1 aromatic heterocycles. The second-order valence-electron chi connectivity index (χ2n) is 3.99. The molecule has 0 fully saturated rings. The number of carboxylic acids is 1. The van der Waals surface area contributed by atoms with E-state index < -0.39 is 22.0 Å². The standard InChI is InChI=1S/C13H12N2O4S/c16-13(17)12(10-5-2-1-3-6-10)15-20(18,19)11-7-4-8-14-9-11/h1-9,12,15H,(H,16,17). The maximum absolute atomic E-state index is 12.1. The smallest absolute Gasteiger partial charge is 0.326 e. The number of sulfonamides is 1. The summed E-state index contributed by atoms with van der Waals surface area (Å²) in [5.74, 6) is -1.27. The molecule has 0 saturated heterocycles. The van der Waals surface area contributed by atoms with Crippen molar-refractivity contribution in [1.82, 2.24) is 9.71 Å². The van der Waals surface area contributed by atoms with Gasteiger partial charge in [0.1, 0.15) is 10.9 Å². The van der Waals surface area contributed by atoms with Crippen molar-refractivity contribution >= 4 is 16.0 Å². The first-order valence-electron chi connectivity index (χ1n) is 5.71. The normalized spacial score (nSPS) is 12.8. The zero-order valence-corrected chi connectivity index (χ0v) is 11.1. The van der Waals surface area contributed by atoms with E-state index in [4.69, 9.17) is 0 Å². The van der Waals surface area contributed by atoms with Crippen LogP contribution >= 0.6 is 0 Å². The lowest BCUT2D eigenvalue weighted by Crippen LogP contribution is -2.33. The minimum absolute atomic E-state index is 0.0813. The fourth-order valence-electron chi connectivity index (χ4n) is 1.64. The van der Waals surface area contributed by atoms with Crippen LogP contribution in [0.15, 0.2) is 59.8 Å². The number of nitrogens with zero attached hydrogens (tertiary/aromatic N) is 1. The van der Waals surface area contributed by atoms with Crippen LogP contribution in [0, 0.1) is 0 Å². The minimum atomic E-state index is -3.95. The third-order valence-corrected chi connectivity index (χ3v) is 4.01. The number of hydrogen-bond acceptors (Lipinski definition) is 4. The molecule has 0 saturated carbocycles. The highest BCUT2D eigenvalue weighted by Crippen LogP contribution is 2.16. The summed E-state index contributed by atoms with van der Waals surface area (Å²) in [6.07, 6.45) is 2.59. The highest BCUT2D eigenvalue weighted by atomic mass is 32.2. The van der Waals surface area contributed by atoms with E-state index in [1.807, 2.05) is 0 Å². The van der Waals surface area contributed by atoms with Crippen molar-refractivity contribution in [1.29, 1.82) is 0 Å². The Bertz CT molecular complexity index is 687. The van der Waals surface area contributed by atoms with Crippen molar-refractivity contribution < 1.29 is 18.3 Å². The first-order valence-corrected chi connectivity index (χ1v) is 7.19. The minimum Gasteiger partial charge on any atom is -0.480 e. The number of aliphatic carboxylic acids is 1. The summed E-state index contributed by atoms with van der Waals surface area (Å²) < 4.78 is 26.4. The lowest BCUT2D eigenvalue weighted by Gasteiger charge is -2.14. The van der Waals surface area contributed by atoms with Crippen LogP contribution in [0.25, 0.3) is 0 Å². The van der Waals surface area contributed by atoms with Gasteiger partial charge in [0, 0.05) is 12.4 Å². The van der Waals surface area contributed by atoms with E-state index in [9.17, 15) is 18.3 Å². The zero-order chi connectivity index (χ0) is 14.6. The third kappa shape index (κ3) is 3.19. The van der Waals surface area contributed by atoms with Crippen LogP contribution in [0.1, 0.15) is 11.6 Å². The van der Waals surface area contributed by atoms with Crippen LogP contribution < -0.4 is 4.72 Å². The van der Waals surface area contributed by atoms with Crippen LogP contribution in [0.3, 0.4) is 0 Å². The molecular weight excluding hydrogens is 280 g/mol. The van der Waals surface area contributed by atoms with E-state index in [1.165, 1.54) is 18.3 Å². The number of hydrogen-bond donors (Lipinski definition) is 2. The molecule has 1 unspecified atom stereocenters. The van der Waals surface area contributed by atoms with Gasteiger partial charge in [-0.3, -0.25) is 9.78 Å². The molecule has 0 radical (unpaired) electrons. The van der Waals surface area contributed by atoms with Gasteiger partial charge in [-0.1, -0.05) is 30.3 Å². The van der Waals surface area contributed by atoms with Gasteiger partial charge in [0.2, 0.25) is 10.0 Å². The van der Waals surface area contributed by atoms with Crippen molar-refractivity contribution in [3.8, 4) is 0 Å². The Morgan fingerprint density at radius 1 is 1.15 bits per heavy atom. The van der Waals surface area contributed by atoms with Gasteiger partial charge < -0.3 is 5.11 Å². The second kappa shape index (κ2) is 5.81. The second-order valence-corrected chi connectivity index (χ2v) is 5.71. The molecule has 0 aliphatic heterocycles. The Morgan fingerprint density at radius 3 is 2.40 bits per heavy atom. The third-order valence-electron chi connectivity index (χ3n) is 2.60. The predicted octanol–water partition coefficient (Wildman–Crippen LogP) is 1.19. The summed E-state index contributed by atoms with van der Waals surface area (Å²) in [7, 11) is -3.95. The Hall–Kier alpha value is -2.25. The Labute approximate surface area is 116 Å². The maximum Gasteiger partial charge on any atom is 0.326 e. The molecule has 0 amide bonds. The summed E-state index contributed by atoms with van der Waals surface area (Å²) in [6, 6.07) is 9.56. The molecule has 6 nitrogen and oxygen atoms in total. The summed E-state index contributed by atoms with van der Waals surface area (Å²) in [4.78, 5) is 14.9. The zero-order valence-electron chi connectivity index (χ0n) is 10.3.